The van der Waals surface area contributed by atoms with Crippen LogP contribution in [0.15, 0.2) is 52.2 Å². The van der Waals surface area contributed by atoms with E-state index < -0.39 is 0 Å². The van der Waals surface area contributed by atoms with Gasteiger partial charge in [-0.2, -0.15) is 5.10 Å². The van der Waals surface area contributed by atoms with Gasteiger partial charge in [0.2, 0.25) is 5.91 Å². The number of hydrazone groups is 1. The molecule has 7 nitrogen and oxygen atoms in total. The zero-order chi connectivity index (χ0) is 19.4. The summed E-state index contributed by atoms with van der Waals surface area (Å²) in [5.41, 5.74) is 1.69. The molecule has 1 N–H and O–H groups in total. The van der Waals surface area contributed by atoms with Gasteiger partial charge >= 0.3 is 0 Å². The van der Waals surface area contributed by atoms with Crippen LogP contribution in [-0.4, -0.2) is 54.6 Å². The third-order valence-corrected chi connectivity index (χ3v) is 4.56. The summed E-state index contributed by atoms with van der Waals surface area (Å²) in [5, 5.41) is 9.18. The lowest BCUT2D eigenvalue weighted by Crippen LogP contribution is -2.40. The van der Waals surface area contributed by atoms with Crippen molar-refractivity contribution in [3.63, 3.8) is 0 Å². The van der Waals surface area contributed by atoms with Gasteiger partial charge in [-0.3, -0.25) is 14.5 Å². The van der Waals surface area contributed by atoms with Gasteiger partial charge in [0, 0.05) is 18.5 Å². The maximum atomic E-state index is 12.8. The lowest BCUT2D eigenvalue weighted by Gasteiger charge is -2.23. The second kappa shape index (κ2) is 8.37. The summed E-state index contributed by atoms with van der Waals surface area (Å²) in [6, 6.07) is 10.7. The summed E-state index contributed by atoms with van der Waals surface area (Å²) in [4.78, 5) is 26.0. The van der Waals surface area contributed by atoms with Crippen LogP contribution in [0.25, 0.3) is 0 Å². The number of benzene rings is 1. The Morgan fingerprint density at radius 3 is 2.67 bits per heavy atom. The average Bonchev–Trinajstić information content (AvgIpc) is 3.31. The number of carbonyl (C=O) groups is 2. The number of hydrogen-bond donors (Lipinski definition) is 1. The van der Waals surface area contributed by atoms with E-state index in [0.717, 1.165) is 11.3 Å². The zero-order valence-electron chi connectivity index (χ0n) is 15.2. The average molecular weight is 389 g/mol. The predicted molar refractivity (Wildman–Crippen MR) is 102 cm³/mol. The lowest BCUT2D eigenvalue weighted by molar-refractivity contribution is -0.134. The van der Waals surface area contributed by atoms with Crippen LogP contribution in [0.5, 0.6) is 0 Å². The summed E-state index contributed by atoms with van der Waals surface area (Å²) < 4.78 is 5.52. The highest BCUT2D eigenvalue weighted by atomic mass is 35.5. The molecular formula is C19H21ClN4O3. The molecule has 0 saturated heterocycles. The van der Waals surface area contributed by atoms with E-state index in [-0.39, 0.29) is 30.9 Å². The van der Waals surface area contributed by atoms with Gasteiger partial charge in [0.15, 0.2) is 0 Å². The van der Waals surface area contributed by atoms with E-state index in [1.165, 1.54) is 5.01 Å². The van der Waals surface area contributed by atoms with Crippen LogP contribution < -0.4 is 5.32 Å². The van der Waals surface area contributed by atoms with Crippen LogP contribution in [0.2, 0.25) is 5.02 Å². The van der Waals surface area contributed by atoms with Gasteiger partial charge in [-0.05, 0) is 36.9 Å². The molecule has 1 atom stereocenters. The van der Waals surface area contributed by atoms with Crippen LogP contribution in [0.4, 0.5) is 0 Å². The molecular weight excluding hydrogens is 368 g/mol. The standard InChI is InChI=1S/C19H21ClN4O3/c1-21-18(25)11-23(2)12-19(26)24-16(17-4-3-9-27-17)10-15(22-24)13-5-7-14(20)8-6-13/h3-9,16H,10-12H2,1-2H3,(H,21,25). The minimum Gasteiger partial charge on any atom is -0.467 e. The van der Waals surface area contributed by atoms with Crippen molar-refractivity contribution in [2.75, 3.05) is 27.2 Å². The summed E-state index contributed by atoms with van der Waals surface area (Å²) in [7, 11) is 3.28. The summed E-state index contributed by atoms with van der Waals surface area (Å²) in [5.74, 6) is 0.316. The molecule has 1 aliphatic rings. The van der Waals surface area contributed by atoms with Crippen molar-refractivity contribution in [3.05, 3.63) is 59.0 Å². The fourth-order valence-corrected chi connectivity index (χ4v) is 3.07. The molecule has 0 fully saturated rings. The number of amides is 2. The molecule has 2 heterocycles. The lowest BCUT2D eigenvalue weighted by atomic mass is 10.0. The molecule has 142 valence electrons. The molecule has 2 aromatic rings. The number of nitrogens with zero attached hydrogens (tertiary/aromatic N) is 3. The van der Waals surface area contributed by atoms with Crippen molar-refractivity contribution in [1.29, 1.82) is 0 Å². The fourth-order valence-electron chi connectivity index (χ4n) is 2.94. The van der Waals surface area contributed by atoms with Crippen molar-refractivity contribution in [1.82, 2.24) is 15.2 Å². The fraction of sp³-hybridized carbons (Fsp3) is 0.316. The van der Waals surface area contributed by atoms with Crippen molar-refractivity contribution < 1.29 is 14.0 Å². The minimum absolute atomic E-state index is 0.0715. The Bertz CT molecular complexity index is 833. The molecule has 1 aromatic heterocycles. The van der Waals surface area contributed by atoms with E-state index >= 15 is 0 Å². The van der Waals surface area contributed by atoms with Gasteiger partial charge in [-0.1, -0.05) is 23.7 Å². The van der Waals surface area contributed by atoms with Crippen molar-refractivity contribution in [3.8, 4) is 0 Å². The number of nitrogens with one attached hydrogen (secondary N) is 1. The molecule has 8 heteroatoms. The zero-order valence-corrected chi connectivity index (χ0v) is 15.9. The van der Waals surface area contributed by atoms with E-state index in [1.807, 2.05) is 18.2 Å². The quantitative estimate of drug-likeness (QED) is 0.823. The normalized spacial score (nSPS) is 16.5. The van der Waals surface area contributed by atoms with E-state index in [9.17, 15) is 9.59 Å². The Balaban J connectivity index is 1.80. The second-order valence-electron chi connectivity index (χ2n) is 6.37. The number of furan rings is 1. The molecule has 0 bridgehead atoms. The van der Waals surface area contributed by atoms with E-state index in [2.05, 4.69) is 10.4 Å². The van der Waals surface area contributed by atoms with Gasteiger partial charge in [-0.25, -0.2) is 5.01 Å². The topological polar surface area (TPSA) is 78.2 Å². The molecule has 1 aliphatic heterocycles. The Hall–Kier alpha value is -2.64. The highest BCUT2D eigenvalue weighted by molar-refractivity contribution is 6.30. The summed E-state index contributed by atoms with van der Waals surface area (Å²) >= 11 is 5.96. The van der Waals surface area contributed by atoms with E-state index in [0.29, 0.717) is 17.2 Å². The third kappa shape index (κ3) is 4.56. The van der Waals surface area contributed by atoms with Crippen LogP contribution >= 0.6 is 11.6 Å². The van der Waals surface area contributed by atoms with E-state index in [1.54, 1.807) is 43.5 Å². The number of rotatable bonds is 6. The summed E-state index contributed by atoms with van der Waals surface area (Å²) in [6.07, 6.45) is 2.12. The van der Waals surface area contributed by atoms with Gasteiger partial charge in [0.1, 0.15) is 11.8 Å². The minimum atomic E-state index is -0.313. The SMILES string of the molecule is CNC(=O)CN(C)CC(=O)N1N=C(c2ccc(Cl)cc2)CC1c1ccco1. The maximum Gasteiger partial charge on any atom is 0.257 e. The smallest absolute Gasteiger partial charge is 0.257 e. The predicted octanol–water partition coefficient (Wildman–Crippen LogP) is 2.29. The molecule has 3 rings (SSSR count). The van der Waals surface area contributed by atoms with Gasteiger partial charge in [0.25, 0.3) is 5.91 Å². The van der Waals surface area contributed by atoms with Gasteiger partial charge in [-0.15, -0.1) is 0 Å². The number of hydrogen-bond acceptors (Lipinski definition) is 5. The highest BCUT2D eigenvalue weighted by Gasteiger charge is 2.35. The largest absolute Gasteiger partial charge is 0.467 e. The van der Waals surface area contributed by atoms with Crippen LogP contribution in [0, 0.1) is 0 Å². The molecule has 0 saturated carbocycles. The molecule has 1 unspecified atom stereocenters. The molecule has 1 aromatic carbocycles. The Labute approximate surface area is 162 Å². The number of halogens is 1. The Morgan fingerprint density at radius 2 is 2.04 bits per heavy atom. The van der Waals surface area contributed by atoms with Crippen LogP contribution in [0.1, 0.15) is 23.8 Å². The molecule has 2 amide bonds. The first-order valence-electron chi connectivity index (χ1n) is 8.56. The molecule has 0 spiro atoms. The van der Waals surface area contributed by atoms with E-state index in [4.69, 9.17) is 16.0 Å². The van der Waals surface area contributed by atoms with Gasteiger partial charge in [0.05, 0.1) is 25.1 Å². The molecule has 27 heavy (non-hydrogen) atoms. The first-order valence-corrected chi connectivity index (χ1v) is 8.93. The van der Waals surface area contributed by atoms with Crippen LogP contribution in [0.3, 0.4) is 0 Å². The summed E-state index contributed by atoms with van der Waals surface area (Å²) in [6.45, 7) is 0.206. The third-order valence-electron chi connectivity index (χ3n) is 4.31. The van der Waals surface area contributed by atoms with Crippen molar-refractivity contribution in [2.45, 2.75) is 12.5 Å². The number of likely N-dealkylation sites (N-methyl/N-ethyl adjacent to an activating group) is 2. The first-order chi connectivity index (χ1) is 13.0. The monoisotopic (exact) mass is 388 g/mol. The second-order valence-corrected chi connectivity index (χ2v) is 6.81. The number of carbonyl (C=O) groups excluding carboxylic acids is 2. The Morgan fingerprint density at radius 1 is 1.30 bits per heavy atom. The molecule has 0 aliphatic carbocycles. The van der Waals surface area contributed by atoms with Gasteiger partial charge < -0.3 is 9.73 Å². The maximum absolute atomic E-state index is 12.8. The van der Waals surface area contributed by atoms with Crippen LogP contribution in [-0.2, 0) is 9.59 Å². The van der Waals surface area contributed by atoms with Crippen molar-refractivity contribution >= 4 is 29.1 Å². The highest BCUT2D eigenvalue weighted by Crippen LogP contribution is 2.33. The molecule has 0 radical (unpaired) electrons. The first kappa shape index (κ1) is 19.1. The Kier molecular flexibility index (Phi) is 5.93. The van der Waals surface area contributed by atoms with Crippen molar-refractivity contribution in [2.24, 2.45) is 5.10 Å².